The van der Waals surface area contributed by atoms with Gasteiger partial charge in [0.2, 0.25) is 11.8 Å². The first-order valence-electron chi connectivity index (χ1n) is 43.1. The van der Waals surface area contributed by atoms with Crippen LogP contribution in [0, 0.1) is 7.14 Å². The summed E-state index contributed by atoms with van der Waals surface area (Å²) in [6.45, 7) is 7.01. The Balaban J connectivity index is 0.000000169. The summed E-state index contributed by atoms with van der Waals surface area (Å²) >= 11 is 14.2. The number of rotatable bonds is 20. The molecule has 17 nitrogen and oxygen atoms in total. The minimum atomic E-state index is -6.09. The number of alkyl halides is 3. The molecule has 1 aliphatic heterocycles. The summed E-state index contributed by atoms with van der Waals surface area (Å²) in [4.78, 5) is 77.9. The molecule has 13 aromatic carbocycles. The van der Waals surface area contributed by atoms with Gasteiger partial charge in [-0.1, -0.05) is 341 Å². The summed E-state index contributed by atoms with van der Waals surface area (Å²) in [5.74, 6) is -2.44. The molecule has 1 aromatic heterocycles. The topological polar surface area (TPSA) is 235 Å². The lowest BCUT2D eigenvalue weighted by atomic mass is 9.94. The van der Waals surface area contributed by atoms with Crippen LogP contribution in [-0.2, 0) is 46.2 Å². The molecule has 0 atom stereocenters. The summed E-state index contributed by atoms with van der Waals surface area (Å²) in [6, 6.07) is 127. The van der Waals surface area contributed by atoms with Crippen LogP contribution in [0.5, 0.6) is 0 Å². The van der Waals surface area contributed by atoms with Gasteiger partial charge in [0.25, 0.3) is 5.79 Å². The summed E-state index contributed by atoms with van der Waals surface area (Å²) in [5, 5.41) is 15.8. The molecule has 2 saturated carbocycles. The molecule has 26 heteroatoms. The van der Waals surface area contributed by atoms with E-state index in [0.29, 0.717) is 32.6 Å². The number of nitrogens with one attached hydrogen (secondary N) is 2. The van der Waals surface area contributed by atoms with Crippen LogP contribution in [0.2, 0.25) is 10.0 Å². The second kappa shape index (κ2) is 49.5. The Bertz CT molecular complexity index is 5990. The van der Waals surface area contributed by atoms with E-state index < -0.39 is 44.4 Å². The maximum Gasteiger partial charge on any atom is 0.485 e. The summed E-state index contributed by atoms with van der Waals surface area (Å²) < 4.78 is 64.0. The van der Waals surface area contributed by atoms with Crippen LogP contribution in [0.4, 0.5) is 13.2 Å². The van der Waals surface area contributed by atoms with Gasteiger partial charge in [0.05, 0.1) is 54.9 Å². The van der Waals surface area contributed by atoms with Gasteiger partial charge in [0.15, 0.2) is 43.0 Å². The van der Waals surface area contributed by atoms with Crippen molar-refractivity contribution in [2.45, 2.75) is 141 Å². The molecule has 682 valence electrons. The van der Waals surface area contributed by atoms with E-state index in [0.717, 1.165) is 76.3 Å². The molecule has 2 heterocycles. The van der Waals surface area contributed by atoms with Crippen molar-refractivity contribution in [1.29, 1.82) is 0 Å². The highest BCUT2D eigenvalue weighted by Gasteiger charge is 2.47. The number of benzene rings is 13. The van der Waals surface area contributed by atoms with Gasteiger partial charge < -0.3 is 32.2 Å². The molecule has 14 aromatic rings. The molecule has 2 N–H and O–H groups in total. The number of halogens is 7. The van der Waals surface area contributed by atoms with Gasteiger partial charge in [-0.15, -0.1) is 0 Å². The van der Waals surface area contributed by atoms with Crippen molar-refractivity contribution in [3.8, 4) is 33.9 Å². The fourth-order valence-corrected chi connectivity index (χ4v) is 19.2. The van der Waals surface area contributed by atoms with Crippen LogP contribution in [0.3, 0.4) is 0 Å². The molecule has 17 rings (SSSR count). The van der Waals surface area contributed by atoms with Gasteiger partial charge in [-0.25, -0.2) is 42.8 Å². The largest absolute Gasteiger partial charge is 1.00 e. The van der Waals surface area contributed by atoms with Crippen LogP contribution in [0.1, 0.15) is 129 Å². The zero-order valence-corrected chi connectivity index (χ0v) is 80.3. The minimum Gasteiger partial charge on any atom is -1.00 e. The predicted molar refractivity (Wildman–Crippen MR) is 512 cm³/mol. The van der Waals surface area contributed by atoms with Crippen molar-refractivity contribution in [3.63, 3.8) is 0 Å². The zero-order chi connectivity index (χ0) is 93.4. The van der Waals surface area contributed by atoms with Crippen molar-refractivity contribution in [2.24, 2.45) is 20.2 Å². The Labute approximate surface area is 808 Å². The Kier molecular flexibility index (Phi) is 37.7. The molecule has 0 bridgehead atoms. The monoisotopic (exact) mass is 2040 g/mol. The third-order valence-corrected chi connectivity index (χ3v) is 27.3. The molecule has 0 saturated heterocycles. The van der Waals surface area contributed by atoms with E-state index in [1.165, 1.54) is 60.4 Å². The number of aromatic nitrogens is 2. The number of aliphatic imine (C=N–C) groups is 2. The van der Waals surface area contributed by atoms with Gasteiger partial charge in [-0.05, 0) is 157 Å². The zero-order valence-electron chi connectivity index (χ0n) is 73.4. The quantitative estimate of drug-likeness (QED) is 0.0139. The van der Waals surface area contributed by atoms with E-state index in [2.05, 4.69) is 235 Å². The number of imidazole rings is 1. The first-order chi connectivity index (χ1) is 63.8. The van der Waals surface area contributed by atoms with E-state index >= 15 is 0 Å². The Morgan fingerprint density at radius 2 is 0.729 bits per heavy atom. The summed E-state index contributed by atoms with van der Waals surface area (Å²) in [7, 11) is -6.10. The summed E-state index contributed by atoms with van der Waals surface area (Å²) in [6.07, 6.45) is 11.3. The molecule has 2 aliphatic carbocycles. The fraction of sp³-hybridized carbons (Fsp3) is 0.187. The summed E-state index contributed by atoms with van der Waals surface area (Å²) in [5.41, 5.74) is 1.43. The Morgan fingerprint density at radius 3 is 1.08 bits per heavy atom. The number of amides is 2. The average Bonchev–Trinajstić information content (AvgIpc) is 1.54. The van der Waals surface area contributed by atoms with E-state index in [9.17, 15) is 32.3 Å². The third kappa shape index (κ3) is 28.6. The molecule has 0 spiro atoms. The van der Waals surface area contributed by atoms with Crippen LogP contribution in [0.25, 0.3) is 33.9 Å². The van der Waals surface area contributed by atoms with Crippen molar-refractivity contribution in [2.75, 3.05) is 0 Å². The van der Waals surface area contributed by atoms with Gasteiger partial charge >= 0.3 is 38.7 Å². The number of nitrogens with zero attached hydrogens (tertiary/aromatic N) is 6. The molecule has 2 amide bonds. The molecule has 0 radical (unpaired) electrons. The number of carbonyl (C=O) groups excluding carboxylic acids is 4. The highest BCUT2D eigenvalue weighted by Crippen LogP contribution is 2.49. The lowest BCUT2D eigenvalue weighted by Gasteiger charge is -2.30. The van der Waals surface area contributed by atoms with Crippen LogP contribution >= 0.6 is 23.2 Å². The number of carbonyl (C=O) groups is 4. The van der Waals surface area contributed by atoms with Gasteiger partial charge in [0.1, 0.15) is 5.82 Å². The predicted octanol–water partition coefficient (Wildman–Crippen LogP) is 19.0. The first kappa shape index (κ1) is 101. The number of hydrogen-bond acceptors (Lipinski definition) is 14. The third-order valence-electron chi connectivity index (χ3n) is 21.1. The molecule has 133 heavy (non-hydrogen) atoms. The van der Waals surface area contributed by atoms with E-state index in [1.54, 1.807) is 88.4 Å². The highest BCUT2D eigenvalue weighted by atomic mass is 127. The van der Waals surface area contributed by atoms with Crippen LogP contribution in [0.15, 0.2) is 417 Å². The normalized spacial score (nSPS) is 13.6. The fourth-order valence-electron chi connectivity index (χ4n) is 14.4. The maximum absolute atomic E-state index is 12.6. The first-order valence-corrected chi connectivity index (χ1v) is 48.6. The van der Waals surface area contributed by atoms with Crippen LogP contribution in [-0.4, -0.2) is 86.4 Å². The molecular weight excluding hydrogens is 1940 g/mol. The molecule has 3 aliphatic rings. The van der Waals surface area contributed by atoms with Crippen molar-refractivity contribution in [3.05, 3.63) is 427 Å². The second-order valence-electron chi connectivity index (χ2n) is 31.7. The smallest absolute Gasteiger partial charge is 0.485 e. The SMILES string of the molecule is CC(C)(N=NC(C)(C)C(=O)NC1CCCCC1)C(=O)NC1CCCCC1.Clc1ccccc1-c1nc(-c2ccccc2)c(-c2ccccc2)n1C1(c2ccccc2Cl)N=C(c2ccccc2)C(c2ccccc2)=N1.O=C(OOC(=O)c1ccccc1)c1ccccc1.O=S(=O)([O-])C(F)(F)F.[Br-].c1ccc([I+]c2ccccc2)cc1.c1ccc([S+](c2ccccc2)c2ccccc2)cc1. The molecule has 2 fully saturated rings. The highest BCUT2D eigenvalue weighted by molar-refractivity contribution is 7.97. The number of hydrogen-bond donors (Lipinski definition) is 2. The van der Waals surface area contributed by atoms with Gasteiger partial charge in [-0.3, -0.25) is 14.2 Å². The molecular formula is C107H99BrCl2F3IN8O9S2. The average molecular weight is 2040 g/mol. The van der Waals surface area contributed by atoms with Gasteiger partial charge in [-0.2, -0.15) is 23.4 Å². The molecule has 0 unspecified atom stereocenters. The lowest BCUT2D eigenvalue weighted by Crippen LogP contribution is -3.61. The van der Waals surface area contributed by atoms with Crippen LogP contribution < -0.4 is 48.8 Å². The Hall–Kier alpha value is -12.3. The standard InChI is InChI=1S/C42H28Cl2N4.C20H36N4O2.C18H15S.C14H10O4.C12H10I.CHF3O3S.BrH/c43-35-27-15-13-25-33(35)41-45-39(31-21-9-3-10-22-31)40(32-23-11-4-12-24-32)48(41)42(34-26-14-16-28-36(34)44)46-37(29-17-5-1-6-18-29)38(47-42)30-19-7-2-8-20-30;1-19(2,17(25)21-15-11-7-5-8-12-15)23-24-20(3,4)18(26)22-16-13-9-6-10-14-16;1-4-10-16(11-5-1)19(17-12-6-2-7-13-17)18-14-8-3-9-15-18;15-13(11-7-3-1-4-8-11)17-18-14(16)12-9-5-2-6-10-12;1-3-7-11(8-4-1)13-12-9-5-2-6-10-12;2-1(3,4)8(5,6)7;/h1-28H;15-16H,5-14H2,1-4H3,(H,21,25)(H,22,26);1-15H;1-10H;1-10H;(H,5,6,7);1H/q;;+1;;+1;;/p-2. The minimum absolute atomic E-state index is 0. The Morgan fingerprint density at radius 1 is 0.429 bits per heavy atom. The van der Waals surface area contributed by atoms with E-state index in [1.807, 2.05) is 121 Å². The lowest BCUT2D eigenvalue weighted by molar-refractivity contribution is -0.597. The second-order valence-corrected chi connectivity index (χ2v) is 38.9. The van der Waals surface area contributed by atoms with Gasteiger partial charge in [0, 0.05) is 45.5 Å². The van der Waals surface area contributed by atoms with Crippen molar-refractivity contribution < 1.29 is 93.3 Å². The number of azo groups is 1. The van der Waals surface area contributed by atoms with E-state index in [-0.39, 0.29) is 73.0 Å². The van der Waals surface area contributed by atoms with Crippen molar-refractivity contribution in [1.82, 2.24) is 20.2 Å². The van der Waals surface area contributed by atoms with Crippen molar-refractivity contribution >= 4 is 79.4 Å². The van der Waals surface area contributed by atoms with E-state index in [4.69, 9.17) is 51.1 Å². The maximum atomic E-state index is 12.6.